The topological polar surface area (TPSA) is 117 Å². The van der Waals surface area contributed by atoms with Gasteiger partial charge >= 0.3 is 12.1 Å². The summed E-state index contributed by atoms with van der Waals surface area (Å²) in [6.07, 6.45) is 1.97. The number of hydrogen-bond donors (Lipinski definition) is 2. The minimum Gasteiger partial charge on any atom is -0.459 e. The van der Waals surface area contributed by atoms with Crippen LogP contribution in [0.25, 0.3) is 0 Å². The summed E-state index contributed by atoms with van der Waals surface area (Å²) in [4.78, 5) is 56.3. The number of nitrogens with zero attached hydrogens (tertiary/aromatic N) is 2. The third kappa shape index (κ3) is 9.03. The number of carbonyl (C=O) groups excluding carboxylic acids is 4. The van der Waals surface area contributed by atoms with Crippen LogP contribution in [0.4, 0.5) is 4.79 Å². The molecule has 2 N–H and O–H groups in total. The maximum atomic E-state index is 13.8. The Morgan fingerprint density at radius 2 is 1.60 bits per heavy atom. The van der Waals surface area contributed by atoms with Crippen LogP contribution in [0.3, 0.4) is 0 Å². The van der Waals surface area contributed by atoms with Gasteiger partial charge in [-0.1, -0.05) is 60.7 Å². The van der Waals surface area contributed by atoms with E-state index < -0.39 is 29.2 Å². The number of carbonyl (C=O) groups is 4. The van der Waals surface area contributed by atoms with E-state index in [2.05, 4.69) is 27.7 Å². The van der Waals surface area contributed by atoms with Crippen LogP contribution in [-0.2, 0) is 36.9 Å². The molecule has 0 saturated carbocycles. The molecule has 1 spiro atoms. The van der Waals surface area contributed by atoms with Gasteiger partial charge in [-0.25, -0.2) is 4.79 Å². The number of amides is 3. The minimum absolute atomic E-state index is 0.162. The minimum atomic E-state index is -1.10. The van der Waals surface area contributed by atoms with Gasteiger partial charge < -0.3 is 29.9 Å². The van der Waals surface area contributed by atoms with Crippen molar-refractivity contribution >= 4 is 23.9 Å². The van der Waals surface area contributed by atoms with Crippen molar-refractivity contribution in [1.82, 2.24) is 20.4 Å². The zero-order valence-electron chi connectivity index (χ0n) is 25.5. The Bertz CT molecular complexity index is 1240. The monoisotopic (exact) mass is 592 g/mol. The normalized spacial score (nSPS) is 18.7. The first-order chi connectivity index (χ1) is 20.6. The molecular formula is C33H44N4O6. The third-order valence-electron chi connectivity index (χ3n) is 7.91. The van der Waals surface area contributed by atoms with Crippen molar-refractivity contribution < 1.29 is 28.7 Å². The quantitative estimate of drug-likeness (QED) is 0.303. The molecule has 10 heteroatoms. The van der Waals surface area contributed by atoms with Gasteiger partial charge in [0.1, 0.15) is 30.3 Å². The van der Waals surface area contributed by atoms with E-state index in [0.717, 1.165) is 18.5 Å². The van der Waals surface area contributed by atoms with Crippen molar-refractivity contribution in [2.24, 2.45) is 0 Å². The van der Waals surface area contributed by atoms with Gasteiger partial charge in [0, 0.05) is 26.2 Å². The van der Waals surface area contributed by atoms with Gasteiger partial charge in [-0.2, -0.15) is 0 Å². The lowest BCUT2D eigenvalue weighted by molar-refractivity contribution is -0.171. The molecule has 0 aliphatic carbocycles. The van der Waals surface area contributed by atoms with Gasteiger partial charge in [-0.15, -0.1) is 0 Å². The lowest BCUT2D eigenvalue weighted by Crippen LogP contribution is -2.73. The molecule has 1 atom stereocenters. The number of ether oxygens (including phenoxy) is 2. The number of hydrogen-bond acceptors (Lipinski definition) is 7. The number of piperidine rings is 1. The maximum absolute atomic E-state index is 13.8. The van der Waals surface area contributed by atoms with Crippen LogP contribution >= 0.6 is 0 Å². The first kappa shape index (κ1) is 32.0. The summed E-state index contributed by atoms with van der Waals surface area (Å²) in [5.41, 5.74) is 0.315. The fourth-order valence-corrected chi connectivity index (χ4v) is 5.65. The molecule has 10 nitrogen and oxygen atoms in total. The highest BCUT2D eigenvalue weighted by atomic mass is 16.6. The van der Waals surface area contributed by atoms with Crippen molar-refractivity contribution in [1.29, 1.82) is 0 Å². The number of piperazine rings is 1. The molecule has 2 aliphatic rings. The fraction of sp³-hybridized carbons (Fsp3) is 0.515. The van der Waals surface area contributed by atoms with E-state index in [1.165, 1.54) is 10.5 Å². The van der Waals surface area contributed by atoms with Crippen LogP contribution < -0.4 is 10.6 Å². The lowest BCUT2D eigenvalue weighted by Gasteiger charge is -2.51. The summed E-state index contributed by atoms with van der Waals surface area (Å²) in [6.45, 7) is 7.61. The van der Waals surface area contributed by atoms with E-state index in [1.54, 1.807) is 20.8 Å². The van der Waals surface area contributed by atoms with Crippen molar-refractivity contribution in [3.05, 3.63) is 71.8 Å². The molecule has 232 valence electrons. The van der Waals surface area contributed by atoms with Crippen molar-refractivity contribution in [2.45, 2.75) is 76.7 Å². The molecule has 0 aromatic heterocycles. The van der Waals surface area contributed by atoms with Gasteiger partial charge in [-0.05, 0) is 64.0 Å². The summed E-state index contributed by atoms with van der Waals surface area (Å²) in [5, 5.41) is 5.64. The summed E-state index contributed by atoms with van der Waals surface area (Å²) in [6, 6.07) is 18.8. The van der Waals surface area contributed by atoms with E-state index in [1.807, 2.05) is 48.5 Å². The van der Waals surface area contributed by atoms with E-state index in [0.29, 0.717) is 38.8 Å². The summed E-state index contributed by atoms with van der Waals surface area (Å²) < 4.78 is 10.8. The number of esters is 1. The molecule has 2 aliphatic heterocycles. The number of likely N-dealkylation sites (tertiary alicyclic amines) is 1. The first-order valence-electron chi connectivity index (χ1n) is 15.1. The standard InChI is InChI=1S/C33H44N4O6/c1-32(2,3)43-28(38)23-37-29(39)27(15-10-19-34-31(41)42-24-26-13-8-5-9-14-26)35-30(40)33(37)17-21-36(22-18-33)20-16-25-11-6-4-7-12-25/h4-9,11-14,27H,10,15-24H2,1-3H3,(H,34,41)(H,35,40)/t27-/m0/s1. The van der Waals surface area contributed by atoms with Crippen LogP contribution in [-0.4, -0.2) is 83.6 Å². The zero-order chi connectivity index (χ0) is 30.9. The molecule has 0 unspecified atom stereocenters. The Morgan fingerprint density at radius 3 is 2.23 bits per heavy atom. The van der Waals surface area contributed by atoms with Gasteiger partial charge in [0.25, 0.3) is 0 Å². The van der Waals surface area contributed by atoms with E-state index >= 15 is 0 Å². The van der Waals surface area contributed by atoms with Gasteiger partial charge in [0.2, 0.25) is 11.8 Å². The highest BCUT2D eigenvalue weighted by Gasteiger charge is 2.54. The van der Waals surface area contributed by atoms with Gasteiger partial charge in [-0.3, -0.25) is 14.4 Å². The van der Waals surface area contributed by atoms with Crippen molar-refractivity contribution in [3.8, 4) is 0 Å². The molecule has 2 aromatic carbocycles. The Labute approximate surface area is 254 Å². The van der Waals surface area contributed by atoms with Gasteiger partial charge in [0.15, 0.2) is 0 Å². The molecule has 2 heterocycles. The highest BCUT2D eigenvalue weighted by Crippen LogP contribution is 2.34. The SMILES string of the molecule is CC(C)(C)OC(=O)CN1C(=O)[C@H](CCCNC(=O)OCc2ccccc2)NC(=O)C12CCN(CCc1ccccc1)CC2. The number of benzene rings is 2. The Kier molecular flexibility index (Phi) is 10.8. The van der Waals surface area contributed by atoms with E-state index in [9.17, 15) is 19.2 Å². The molecule has 0 radical (unpaired) electrons. The summed E-state index contributed by atoms with van der Waals surface area (Å²) >= 11 is 0. The van der Waals surface area contributed by atoms with E-state index in [-0.39, 0.29) is 31.5 Å². The van der Waals surface area contributed by atoms with Crippen LogP contribution in [0.15, 0.2) is 60.7 Å². The summed E-state index contributed by atoms with van der Waals surface area (Å²) in [7, 11) is 0. The molecule has 0 bridgehead atoms. The number of nitrogens with one attached hydrogen (secondary N) is 2. The summed E-state index contributed by atoms with van der Waals surface area (Å²) in [5.74, 6) is -1.07. The zero-order valence-corrected chi connectivity index (χ0v) is 25.5. The van der Waals surface area contributed by atoms with Crippen molar-refractivity contribution in [2.75, 3.05) is 32.7 Å². The fourth-order valence-electron chi connectivity index (χ4n) is 5.65. The van der Waals surface area contributed by atoms with Crippen LogP contribution in [0.1, 0.15) is 57.6 Å². The second kappa shape index (κ2) is 14.5. The van der Waals surface area contributed by atoms with Crippen molar-refractivity contribution in [3.63, 3.8) is 0 Å². The van der Waals surface area contributed by atoms with Crippen LogP contribution in [0.5, 0.6) is 0 Å². The molecule has 2 fully saturated rings. The predicted molar refractivity (Wildman–Crippen MR) is 162 cm³/mol. The molecule has 4 rings (SSSR count). The maximum Gasteiger partial charge on any atom is 0.407 e. The average molecular weight is 593 g/mol. The highest BCUT2D eigenvalue weighted by molar-refractivity contribution is 6.01. The molecular weight excluding hydrogens is 548 g/mol. The first-order valence-corrected chi connectivity index (χ1v) is 15.1. The Morgan fingerprint density at radius 1 is 0.977 bits per heavy atom. The number of rotatable bonds is 11. The van der Waals surface area contributed by atoms with E-state index in [4.69, 9.17) is 9.47 Å². The third-order valence-corrected chi connectivity index (χ3v) is 7.91. The molecule has 2 aromatic rings. The molecule has 43 heavy (non-hydrogen) atoms. The Balaban J connectivity index is 1.34. The Hall–Kier alpha value is -3.92. The van der Waals surface area contributed by atoms with Gasteiger partial charge in [0.05, 0.1) is 0 Å². The van der Waals surface area contributed by atoms with Crippen LogP contribution in [0.2, 0.25) is 0 Å². The van der Waals surface area contributed by atoms with Crippen LogP contribution in [0, 0.1) is 0 Å². The second-order valence-corrected chi connectivity index (χ2v) is 12.3. The predicted octanol–water partition coefficient (Wildman–Crippen LogP) is 3.44. The average Bonchev–Trinajstić information content (AvgIpc) is 2.98. The second-order valence-electron chi connectivity index (χ2n) is 12.3. The lowest BCUT2D eigenvalue weighted by atomic mass is 9.81. The molecule has 2 saturated heterocycles. The largest absolute Gasteiger partial charge is 0.459 e. The molecule has 3 amide bonds. The number of alkyl carbamates (subject to hydrolysis) is 1. The smallest absolute Gasteiger partial charge is 0.407 e.